The van der Waals surface area contributed by atoms with E-state index in [4.69, 9.17) is 14.9 Å². The maximum Gasteiger partial charge on any atom is 0.326 e. The summed E-state index contributed by atoms with van der Waals surface area (Å²) in [5, 5.41) is 22.1. The number of ether oxygens (including phenoxy) is 1. The van der Waals surface area contributed by atoms with E-state index in [1.807, 2.05) is 0 Å². The average Bonchev–Trinajstić information content (AvgIpc) is 2.76. The monoisotopic (exact) mass is 260 g/mol. The highest BCUT2D eigenvalue weighted by Crippen LogP contribution is 2.03. The van der Waals surface area contributed by atoms with Gasteiger partial charge in [0.1, 0.15) is 6.04 Å². The molecular weight excluding hydrogens is 244 g/mol. The van der Waals surface area contributed by atoms with Crippen molar-refractivity contribution in [3.8, 4) is 0 Å². The molecule has 2 atom stereocenters. The zero-order valence-electron chi connectivity index (χ0n) is 9.72. The smallest absolute Gasteiger partial charge is 0.326 e. The minimum Gasteiger partial charge on any atom is -0.481 e. The first kappa shape index (κ1) is 14.2. The Morgan fingerprint density at radius 3 is 2.56 bits per heavy atom. The quantitative estimate of drug-likeness (QED) is 0.505. The summed E-state index contributed by atoms with van der Waals surface area (Å²) in [6, 6.07) is -1.95. The molecule has 0 aromatic carbocycles. The molecule has 102 valence electrons. The molecule has 1 aliphatic rings. The molecule has 8 heteroatoms. The fourth-order valence-corrected chi connectivity index (χ4v) is 1.56. The molecule has 1 rings (SSSR count). The van der Waals surface area contributed by atoms with Crippen molar-refractivity contribution in [3.63, 3.8) is 0 Å². The summed E-state index contributed by atoms with van der Waals surface area (Å²) in [5.74, 6) is -2.36. The largest absolute Gasteiger partial charge is 0.481 e. The summed E-state index contributed by atoms with van der Waals surface area (Å²) < 4.78 is 5.05. The predicted molar refractivity (Wildman–Crippen MR) is 59.2 cm³/mol. The van der Waals surface area contributed by atoms with Crippen LogP contribution in [0.25, 0.3) is 0 Å². The number of carboxylic acids is 2. The fourth-order valence-electron chi connectivity index (χ4n) is 1.56. The molecule has 0 aliphatic carbocycles. The number of hydrogen-bond donors (Lipinski definition) is 4. The van der Waals surface area contributed by atoms with Crippen LogP contribution in [-0.4, -0.2) is 53.5 Å². The second kappa shape index (κ2) is 6.80. The third-order valence-electron chi connectivity index (χ3n) is 2.52. The molecule has 0 saturated carbocycles. The lowest BCUT2D eigenvalue weighted by Gasteiger charge is -2.16. The van der Waals surface area contributed by atoms with Gasteiger partial charge in [0.15, 0.2) is 0 Å². The second-order valence-electron chi connectivity index (χ2n) is 4.00. The number of amides is 2. The number of aliphatic carboxylic acids is 2. The van der Waals surface area contributed by atoms with Crippen molar-refractivity contribution >= 4 is 18.0 Å². The van der Waals surface area contributed by atoms with E-state index in [9.17, 15) is 14.4 Å². The van der Waals surface area contributed by atoms with Crippen LogP contribution in [0.4, 0.5) is 4.79 Å². The van der Waals surface area contributed by atoms with Crippen LogP contribution in [0.2, 0.25) is 0 Å². The van der Waals surface area contributed by atoms with Gasteiger partial charge in [-0.1, -0.05) is 0 Å². The standard InChI is InChI=1S/C10H16N2O6/c13-8(14)2-1-7(9(15)16)12-10(17)11-6-3-4-18-5-6/h6-7H,1-5H2,(H,13,14)(H,15,16)(H2,11,12,17)/t6?,7-/m0/s1. The molecule has 1 fully saturated rings. The zero-order valence-corrected chi connectivity index (χ0v) is 9.72. The summed E-state index contributed by atoms with van der Waals surface area (Å²) in [6.07, 6.45) is 0.212. The molecule has 0 bridgehead atoms. The maximum absolute atomic E-state index is 11.5. The van der Waals surface area contributed by atoms with E-state index in [1.165, 1.54) is 0 Å². The van der Waals surface area contributed by atoms with Crippen LogP contribution in [0.15, 0.2) is 0 Å². The Kier molecular flexibility index (Phi) is 5.37. The number of nitrogens with one attached hydrogen (secondary N) is 2. The zero-order chi connectivity index (χ0) is 13.5. The molecule has 8 nitrogen and oxygen atoms in total. The van der Waals surface area contributed by atoms with Crippen LogP contribution < -0.4 is 10.6 Å². The number of carbonyl (C=O) groups excluding carboxylic acids is 1. The van der Waals surface area contributed by atoms with Crippen molar-refractivity contribution in [1.82, 2.24) is 10.6 Å². The normalized spacial score (nSPS) is 20.1. The minimum atomic E-state index is -1.26. The fraction of sp³-hybridized carbons (Fsp3) is 0.700. The Balaban J connectivity index is 2.36. The molecule has 0 aromatic heterocycles. The third-order valence-corrected chi connectivity index (χ3v) is 2.52. The molecule has 2 amide bonds. The van der Waals surface area contributed by atoms with Crippen molar-refractivity contribution in [1.29, 1.82) is 0 Å². The number of hydrogen-bond acceptors (Lipinski definition) is 4. The maximum atomic E-state index is 11.5. The highest BCUT2D eigenvalue weighted by atomic mass is 16.5. The van der Waals surface area contributed by atoms with Crippen molar-refractivity contribution in [3.05, 3.63) is 0 Å². The van der Waals surface area contributed by atoms with Gasteiger partial charge in [0, 0.05) is 13.0 Å². The first-order valence-electron chi connectivity index (χ1n) is 5.58. The SMILES string of the molecule is O=C(O)CC[C@H](NC(=O)NC1CCOC1)C(=O)O. The van der Waals surface area contributed by atoms with Crippen LogP contribution in [0.3, 0.4) is 0 Å². The summed E-state index contributed by atoms with van der Waals surface area (Å²) in [4.78, 5) is 32.6. The molecule has 18 heavy (non-hydrogen) atoms. The molecule has 0 spiro atoms. The number of carbonyl (C=O) groups is 3. The first-order chi connectivity index (χ1) is 8.49. The molecule has 0 radical (unpaired) electrons. The van der Waals surface area contributed by atoms with Gasteiger partial charge >= 0.3 is 18.0 Å². The van der Waals surface area contributed by atoms with Gasteiger partial charge < -0.3 is 25.6 Å². The van der Waals surface area contributed by atoms with Crippen LogP contribution in [0.1, 0.15) is 19.3 Å². The van der Waals surface area contributed by atoms with Gasteiger partial charge in [-0.15, -0.1) is 0 Å². The van der Waals surface area contributed by atoms with Gasteiger partial charge in [-0.2, -0.15) is 0 Å². The van der Waals surface area contributed by atoms with Crippen LogP contribution in [0, 0.1) is 0 Å². The third kappa shape index (κ3) is 5.00. The van der Waals surface area contributed by atoms with Crippen molar-refractivity contribution < 1.29 is 29.3 Å². The first-order valence-corrected chi connectivity index (χ1v) is 5.58. The van der Waals surface area contributed by atoms with Crippen molar-refractivity contribution in [2.75, 3.05) is 13.2 Å². The lowest BCUT2D eigenvalue weighted by molar-refractivity contribution is -0.140. The lowest BCUT2D eigenvalue weighted by Crippen LogP contribution is -2.49. The second-order valence-corrected chi connectivity index (χ2v) is 4.00. The highest BCUT2D eigenvalue weighted by molar-refractivity contribution is 5.83. The van der Waals surface area contributed by atoms with E-state index in [-0.39, 0.29) is 18.9 Å². The van der Waals surface area contributed by atoms with E-state index < -0.39 is 24.0 Å². The molecule has 1 unspecified atom stereocenters. The lowest BCUT2D eigenvalue weighted by atomic mass is 10.1. The number of urea groups is 1. The number of carboxylic acid groups (broad SMARTS) is 2. The molecule has 4 N–H and O–H groups in total. The molecule has 1 aliphatic heterocycles. The molecule has 1 saturated heterocycles. The van der Waals surface area contributed by atoms with Gasteiger partial charge in [-0.05, 0) is 12.8 Å². The van der Waals surface area contributed by atoms with Gasteiger partial charge in [-0.3, -0.25) is 4.79 Å². The average molecular weight is 260 g/mol. The van der Waals surface area contributed by atoms with Gasteiger partial charge in [0.25, 0.3) is 0 Å². The van der Waals surface area contributed by atoms with E-state index in [2.05, 4.69) is 10.6 Å². The Labute approximate surface area is 103 Å². The van der Waals surface area contributed by atoms with E-state index >= 15 is 0 Å². The summed E-state index contributed by atoms with van der Waals surface area (Å²) in [7, 11) is 0. The Bertz CT molecular complexity index is 326. The minimum absolute atomic E-state index is 0.126. The van der Waals surface area contributed by atoms with Crippen LogP contribution in [-0.2, 0) is 14.3 Å². The van der Waals surface area contributed by atoms with Gasteiger partial charge in [0.05, 0.1) is 12.6 Å². The predicted octanol–water partition coefficient (Wildman–Crippen LogP) is -0.607. The molecule has 0 aromatic rings. The number of rotatable bonds is 6. The Morgan fingerprint density at radius 1 is 1.33 bits per heavy atom. The Morgan fingerprint density at radius 2 is 2.06 bits per heavy atom. The van der Waals surface area contributed by atoms with Crippen molar-refractivity contribution in [2.24, 2.45) is 0 Å². The van der Waals surface area contributed by atoms with Crippen molar-refractivity contribution in [2.45, 2.75) is 31.3 Å². The van der Waals surface area contributed by atoms with Gasteiger partial charge in [-0.25, -0.2) is 9.59 Å². The highest BCUT2D eigenvalue weighted by Gasteiger charge is 2.23. The van der Waals surface area contributed by atoms with Crippen LogP contribution >= 0.6 is 0 Å². The molecular formula is C10H16N2O6. The van der Waals surface area contributed by atoms with E-state index in [0.29, 0.717) is 19.6 Å². The van der Waals surface area contributed by atoms with E-state index in [0.717, 1.165) is 0 Å². The van der Waals surface area contributed by atoms with Gasteiger partial charge in [0.2, 0.25) is 0 Å². The summed E-state index contributed by atoms with van der Waals surface area (Å²) >= 11 is 0. The van der Waals surface area contributed by atoms with E-state index in [1.54, 1.807) is 0 Å². The summed E-state index contributed by atoms with van der Waals surface area (Å²) in [6.45, 7) is 0.965. The Hall–Kier alpha value is -1.83. The van der Waals surface area contributed by atoms with Crippen LogP contribution in [0.5, 0.6) is 0 Å². The molecule has 1 heterocycles. The topological polar surface area (TPSA) is 125 Å². The summed E-state index contributed by atoms with van der Waals surface area (Å²) in [5.41, 5.74) is 0.